The van der Waals surface area contributed by atoms with Crippen LogP contribution in [0.25, 0.3) is 0 Å². The van der Waals surface area contributed by atoms with Crippen molar-refractivity contribution in [1.82, 2.24) is 4.31 Å². The Morgan fingerprint density at radius 1 is 1.19 bits per heavy atom. The van der Waals surface area contributed by atoms with E-state index < -0.39 is 46.3 Å². The lowest BCUT2D eigenvalue weighted by Gasteiger charge is -2.33. The number of carbonyl (C=O) groups is 2. The van der Waals surface area contributed by atoms with E-state index >= 15 is 0 Å². The van der Waals surface area contributed by atoms with Gasteiger partial charge in [0.1, 0.15) is 6.04 Å². The highest BCUT2D eigenvalue weighted by atomic mass is 35.5. The van der Waals surface area contributed by atoms with Crippen LogP contribution in [-0.2, 0) is 43.5 Å². The first kappa shape index (κ1) is 24.0. The van der Waals surface area contributed by atoms with Crippen molar-refractivity contribution >= 4 is 39.2 Å². The number of halogens is 4. The highest BCUT2D eigenvalue weighted by molar-refractivity contribution is 7.88. The average molecular weight is 491 g/mol. The lowest BCUT2D eigenvalue weighted by atomic mass is 9.96. The smallest absolute Gasteiger partial charge is 0.416 e. The van der Waals surface area contributed by atoms with Crippen LogP contribution in [0.2, 0.25) is 5.02 Å². The molecule has 0 aliphatic carbocycles. The fourth-order valence-electron chi connectivity index (χ4n) is 3.26. The number of benzene rings is 2. The molecular weight excluding hydrogens is 473 g/mol. The molecule has 0 unspecified atom stereocenters. The molecule has 1 heterocycles. The number of amides is 1. The Morgan fingerprint density at radius 3 is 2.47 bits per heavy atom. The zero-order valence-corrected chi connectivity index (χ0v) is 18.2. The van der Waals surface area contributed by atoms with Gasteiger partial charge in [-0.2, -0.15) is 17.5 Å². The van der Waals surface area contributed by atoms with Gasteiger partial charge in [-0.25, -0.2) is 8.42 Å². The van der Waals surface area contributed by atoms with Crippen LogP contribution in [0.5, 0.6) is 0 Å². The zero-order valence-electron chi connectivity index (χ0n) is 16.6. The quantitative estimate of drug-likeness (QED) is 0.650. The standard InChI is InChI=1S/C20H18ClF3N2O5S/c1-32(29,30)26-10-13-5-3-2-4-12(13)8-17(26)19(28)31-11-18(27)25-16-9-14(20(22,23)24)6-7-15(16)21/h2-7,9,17H,8,10-11H2,1H3,(H,25,27)/t17-/m1/s1. The maximum Gasteiger partial charge on any atom is 0.416 e. The fraction of sp³-hybridized carbons (Fsp3) is 0.300. The van der Waals surface area contributed by atoms with E-state index in [0.717, 1.165) is 33.8 Å². The Balaban J connectivity index is 1.69. The van der Waals surface area contributed by atoms with Crippen LogP contribution in [0.15, 0.2) is 42.5 Å². The van der Waals surface area contributed by atoms with Crippen LogP contribution in [-0.4, -0.2) is 43.5 Å². The third-order valence-electron chi connectivity index (χ3n) is 4.82. The predicted octanol–water partition coefficient (Wildman–Crippen LogP) is 3.23. The first-order chi connectivity index (χ1) is 14.9. The van der Waals surface area contributed by atoms with Crippen LogP contribution in [0.4, 0.5) is 18.9 Å². The Kier molecular flexibility index (Phi) is 6.82. The molecule has 1 aliphatic rings. The summed E-state index contributed by atoms with van der Waals surface area (Å²) >= 11 is 5.83. The van der Waals surface area contributed by atoms with Gasteiger partial charge in [-0.3, -0.25) is 9.59 Å². The minimum Gasteiger partial charge on any atom is -0.454 e. The van der Waals surface area contributed by atoms with Gasteiger partial charge < -0.3 is 10.1 Å². The molecule has 3 rings (SSSR count). The summed E-state index contributed by atoms with van der Waals surface area (Å²) in [5, 5.41) is 2.02. The molecule has 0 fully saturated rings. The predicted molar refractivity (Wildman–Crippen MR) is 110 cm³/mol. The lowest BCUT2D eigenvalue weighted by Crippen LogP contribution is -2.49. The van der Waals surface area contributed by atoms with Crippen LogP contribution in [0, 0.1) is 0 Å². The maximum absolute atomic E-state index is 12.9. The third kappa shape index (κ3) is 5.59. The molecule has 0 aromatic heterocycles. The monoisotopic (exact) mass is 490 g/mol. The Labute approximate surface area is 187 Å². The van der Waals surface area contributed by atoms with Crippen molar-refractivity contribution in [2.45, 2.75) is 25.2 Å². The summed E-state index contributed by atoms with van der Waals surface area (Å²) in [6, 6.07) is 8.24. The molecule has 12 heteroatoms. The second-order valence-electron chi connectivity index (χ2n) is 7.15. The molecule has 0 radical (unpaired) electrons. The van der Waals surface area contributed by atoms with Crippen LogP contribution in [0.1, 0.15) is 16.7 Å². The SMILES string of the molecule is CS(=O)(=O)N1Cc2ccccc2C[C@@H]1C(=O)OCC(=O)Nc1cc(C(F)(F)F)ccc1Cl. The summed E-state index contributed by atoms with van der Waals surface area (Å²) in [5.41, 5.74) is 0.208. The van der Waals surface area contributed by atoms with E-state index in [1.165, 1.54) is 0 Å². The molecule has 2 aromatic rings. The van der Waals surface area contributed by atoms with Crippen LogP contribution < -0.4 is 5.32 Å². The van der Waals surface area contributed by atoms with Crippen molar-refractivity contribution in [1.29, 1.82) is 0 Å². The number of hydrogen-bond acceptors (Lipinski definition) is 5. The van der Waals surface area contributed by atoms with Crippen molar-refractivity contribution in [3.63, 3.8) is 0 Å². The number of sulfonamides is 1. The number of ether oxygens (including phenoxy) is 1. The van der Waals surface area contributed by atoms with E-state index in [4.69, 9.17) is 16.3 Å². The van der Waals surface area contributed by atoms with E-state index in [-0.39, 0.29) is 23.7 Å². The molecular formula is C20H18ClF3N2O5S. The number of alkyl halides is 3. The van der Waals surface area contributed by atoms with E-state index in [9.17, 15) is 31.2 Å². The molecule has 7 nitrogen and oxygen atoms in total. The second kappa shape index (κ2) is 9.08. The number of anilines is 1. The highest BCUT2D eigenvalue weighted by Gasteiger charge is 2.38. The van der Waals surface area contributed by atoms with Gasteiger partial charge in [0, 0.05) is 13.0 Å². The van der Waals surface area contributed by atoms with Gasteiger partial charge in [0.05, 0.1) is 22.5 Å². The molecule has 0 saturated heterocycles. The van der Waals surface area contributed by atoms with E-state index in [0.29, 0.717) is 6.07 Å². The summed E-state index contributed by atoms with van der Waals surface area (Å²) in [5.74, 6) is -1.88. The number of nitrogens with zero attached hydrogens (tertiary/aromatic N) is 1. The molecule has 0 spiro atoms. The van der Waals surface area contributed by atoms with Crippen molar-refractivity contribution in [2.75, 3.05) is 18.2 Å². The maximum atomic E-state index is 12.9. The Morgan fingerprint density at radius 2 is 1.84 bits per heavy atom. The minimum absolute atomic E-state index is 0.0270. The molecule has 1 amide bonds. The van der Waals surface area contributed by atoms with Gasteiger partial charge in [0.25, 0.3) is 5.91 Å². The molecule has 172 valence electrons. The number of hydrogen-bond donors (Lipinski definition) is 1. The van der Waals surface area contributed by atoms with Crippen molar-refractivity contribution in [3.8, 4) is 0 Å². The van der Waals surface area contributed by atoms with Gasteiger partial charge in [0.2, 0.25) is 10.0 Å². The van der Waals surface area contributed by atoms with Gasteiger partial charge >= 0.3 is 12.1 Å². The normalized spacial score (nSPS) is 16.8. The number of esters is 1. The fourth-order valence-corrected chi connectivity index (χ4v) is 4.43. The van der Waals surface area contributed by atoms with Crippen molar-refractivity contribution in [3.05, 3.63) is 64.2 Å². The average Bonchev–Trinajstić information content (AvgIpc) is 2.71. The van der Waals surface area contributed by atoms with E-state index in [1.54, 1.807) is 24.3 Å². The van der Waals surface area contributed by atoms with Gasteiger partial charge in [-0.1, -0.05) is 35.9 Å². The number of nitrogens with one attached hydrogen (secondary N) is 1. The summed E-state index contributed by atoms with van der Waals surface area (Å²) in [4.78, 5) is 24.7. The lowest BCUT2D eigenvalue weighted by molar-refractivity contribution is -0.151. The number of rotatable bonds is 5. The zero-order chi connectivity index (χ0) is 23.7. The summed E-state index contributed by atoms with van der Waals surface area (Å²) < 4.78 is 68.9. The van der Waals surface area contributed by atoms with Crippen LogP contribution in [0.3, 0.4) is 0 Å². The minimum atomic E-state index is -4.64. The molecule has 32 heavy (non-hydrogen) atoms. The molecule has 2 aromatic carbocycles. The summed E-state index contributed by atoms with van der Waals surface area (Å²) in [6.07, 6.45) is -3.62. The van der Waals surface area contributed by atoms with Crippen LogP contribution >= 0.6 is 11.6 Å². The van der Waals surface area contributed by atoms with E-state index in [1.807, 2.05) is 0 Å². The summed E-state index contributed by atoms with van der Waals surface area (Å²) in [7, 11) is -3.77. The molecule has 1 N–H and O–H groups in total. The first-order valence-corrected chi connectivity index (χ1v) is 11.5. The Hall–Kier alpha value is -2.63. The van der Waals surface area contributed by atoms with Gasteiger partial charge in [-0.05, 0) is 29.3 Å². The first-order valence-electron chi connectivity index (χ1n) is 9.23. The number of carbonyl (C=O) groups excluding carboxylic acids is 2. The largest absolute Gasteiger partial charge is 0.454 e. The summed E-state index contributed by atoms with van der Waals surface area (Å²) in [6.45, 7) is -0.859. The molecule has 1 aliphatic heterocycles. The highest BCUT2D eigenvalue weighted by Crippen LogP contribution is 2.34. The Bertz CT molecular complexity index is 1150. The topological polar surface area (TPSA) is 92.8 Å². The number of fused-ring (bicyclic) bond motifs is 1. The van der Waals surface area contributed by atoms with Crippen molar-refractivity contribution in [2.24, 2.45) is 0 Å². The molecule has 0 bridgehead atoms. The molecule has 0 saturated carbocycles. The van der Waals surface area contributed by atoms with Crippen molar-refractivity contribution < 1.29 is 35.9 Å². The van der Waals surface area contributed by atoms with Gasteiger partial charge in [0.15, 0.2) is 6.61 Å². The molecule has 1 atom stereocenters. The second-order valence-corrected chi connectivity index (χ2v) is 9.49. The van der Waals surface area contributed by atoms with E-state index in [2.05, 4.69) is 5.32 Å². The third-order valence-corrected chi connectivity index (χ3v) is 6.38. The van der Waals surface area contributed by atoms with Gasteiger partial charge in [-0.15, -0.1) is 0 Å².